The van der Waals surface area contributed by atoms with Crippen LogP contribution in [0.4, 0.5) is 5.69 Å². The summed E-state index contributed by atoms with van der Waals surface area (Å²) in [6.45, 7) is 4.18. The maximum atomic E-state index is 10.5. The van der Waals surface area contributed by atoms with Gasteiger partial charge in [-0.25, -0.2) is 0 Å². The molecule has 1 aliphatic heterocycles. The normalized spacial score (nSPS) is 17.2. The zero-order chi connectivity index (χ0) is 12.3. The molecule has 1 aliphatic rings. The molecule has 0 bridgehead atoms. The van der Waals surface area contributed by atoms with Crippen LogP contribution in [0.3, 0.4) is 0 Å². The lowest BCUT2D eigenvalue weighted by atomic mass is 9.84. The van der Waals surface area contributed by atoms with Gasteiger partial charge in [0.15, 0.2) is 0 Å². The molecular formula is C12H15NO4. The summed E-state index contributed by atoms with van der Waals surface area (Å²) in [6, 6.07) is 6.15. The standard InChI is InChI=1S/C12H15NO4/c1-2-12(7-16-8-12)9-17-11-5-3-10(4-6-11)13(14)15/h3-6H,2,7-9H2,1H3. The first-order chi connectivity index (χ1) is 8.15. The van der Waals surface area contributed by atoms with Gasteiger partial charge < -0.3 is 9.47 Å². The molecule has 0 N–H and O–H groups in total. The molecular weight excluding hydrogens is 222 g/mol. The van der Waals surface area contributed by atoms with Crippen molar-refractivity contribution in [2.75, 3.05) is 19.8 Å². The summed E-state index contributed by atoms with van der Waals surface area (Å²) in [7, 11) is 0. The second-order valence-corrected chi connectivity index (χ2v) is 4.39. The quantitative estimate of drug-likeness (QED) is 0.582. The highest BCUT2D eigenvalue weighted by Gasteiger charge is 2.37. The van der Waals surface area contributed by atoms with Crippen molar-refractivity contribution in [2.24, 2.45) is 5.41 Å². The predicted molar refractivity (Wildman–Crippen MR) is 62.1 cm³/mol. The van der Waals surface area contributed by atoms with Gasteiger partial charge in [0.1, 0.15) is 5.75 Å². The molecule has 0 atom stereocenters. The topological polar surface area (TPSA) is 61.6 Å². The molecule has 0 unspecified atom stereocenters. The summed E-state index contributed by atoms with van der Waals surface area (Å²) < 4.78 is 10.8. The van der Waals surface area contributed by atoms with Gasteiger partial charge >= 0.3 is 0 Å². The Morgan fingerprint density at radius 2 is 2.06 bits per heavy atom. The molecule has 1 aromatic rings. The van der Waals surface area contributed by atoms with Crippen LogP contribution in [0.15, 0.2) is 24.3 Å². The summed E-state index contributed by atoms with van der Waals surface area (Å²) in [4.78, 5) is 10.1. The number of rotatable bonds is 5. The largest absolute Gasteiger partial charge is 0.493 e. The number of hydrogen-bond acceptors (Lipinski definition) is 4. The molecule has 1 aromatic carbocycles. The van der Waals surface area contributed by atoms with Crippen molar-refractivity contribution >= 4 is 5.69 Å². The molecule has 0 aromatic heterocycles. The van der Waals surface area contributed by atoms with Crippen LogP contribution in [-0.4, -0.2) is 24.7 Å². The lowest BCUT2D eigenvalue weighted by molar-refractivity contribution is -0.384. The van der Waals surface area contributed by atoms with Crippen molar-refractivity contribution < 1.29 is 14.4 Å². The molecule has 1 saturated heterocycles. The van der Waals surface area contributed by atoms with E-state index >= 15 is 0 Å². The second-order valence-electron chi connectivity index (χ2n) is 4.39. The third-order valence-corrected chi connectivity index (χ3v) is 3.16. The minimum absolute atomic E-state index is 0.0783. The minimum atomic E-state index is -0.420. The molecule has 92 valence electrons. The van der Waals surface area contributed by atoms with E-state index in [1.54, 1.807) is 12.1 Å². The summed E-state index contributed by atoms with van der Waals surface area (Å²) in [6.07, 6.45) is 1.01. The van der Waals surface area contributed by atoms with Crippen molar-refractivity contribution in [3.63, 3.8) is 0 Å². The molecule has 0 amide bonds. The van der Waals surface area contributed by atoms with Crippen molar-refractivity contribution in [3.8, 4) is 5.75 Å². The number of non-ortho nitro benzene ring substituents is 1. The Hall–Kier alpha value is -1.62. The number of benzene rings is 1. The maximum absolute atomic E-state index is 10.5. The molecule has 1 fully saturated rings. The summed E-state index contributed by atoms with van der Waals surface area (Å²) >= 11 is 0. The fourth-order valence-corrected chi connectivity index (χ4v) is 1.68. The fourth-order valence-electron chi connectivity index (χ4n) is 1.68. The van der Waals surface area contributed by atoms with Crippen LogP contribution in [0.5, 0.6) is 5.75 Å². The minimum Gasteiger partial charge on any atom is -0.493 e. The van der Waals surface area contributed by atoms with Crippen LogP contribution in [0.1, 0.15) is 13.3 Å². The van der Waals surface area contributed by atoms with E-state index in [1.165, 1.54) is 12.1 Å². The SMILES string of the molecule is CCC1(COc2ccc([N+](=O)[O-])cc2)COC1. The van der Waals surface area contributed by atoms with Crippen LogP contribution in [0, 0.1) is 15.5 Å². The Kier molecular flexibility index (Phi) is 3.28. The third-order valence-electron chi connectivity index (χ3n) is 3.16. The Labute approximate surface area is 99.5 Å². The van der Waals surface area contributed by atoms with Crippen molar-refractivity contribution in [3.05, 3.63) is 34.4 Å². The van der Waals surface area contributed by atoms with E-state index in [0.29, 0.717) is 12.4 Å². The first kappa shape index (κ1) is 11.9. The number of nitro benzene ring substituents is 1. The number of hydrogen-bond donors (Lipinski definition) is 0. The molecule has 1 heterocycles. The van der Waals surface area contributed by atoms with E-state index < -0.39 is 4.92 Å². The lowest BCUT2D eigenvalue weighted by Gasteiger charge is -2.40. The van der Waals surface area contributed by atoms with Crippen molar-refractivity contribution in [1.82, 2.24) is 0 Å². The summed E-state index contributed by atoms with van der Waals surface area (Å²) in [5.74, 6) is 0.662. The van der Waals surface area contributed by atoms with Gasteiger partial charge in [-0.15, -0.1) is 0 Å². The zero-order valence-electron chi connectivity index (χ0n) is 9.72. The van der Waals surface area contributed by atoms with E-state index in [-0.39, 0.29) is 11.1 Å². The maximum Gasteiger partial charge on any atom is 0.269 e. The van der Waals surface area contributed by atoms with E-state index in [0.717, 1.165) is 19.6 Å². The molecule has 2 rings (SSSR count). The third kappa shape index (κ3) is 2.55. The van der Waals surface area contributed by atoms with Crippen LogP contribution >= 0.6 is 0 Å². The number of nitrogens with zero attached hydrogens (tertiary/aromatic N) is 1. The van der Waals surface area contributed by atoms with Crippen molar-refractivity contribution in [1.29, 1.82) is 0 Å². The highest BCUT2D eigenvalue weighted by atomic mass is 16.6. The molecule has 5 nitrogen and oxygen atoms in total. The highest BCUT2D eigenvalue weighted by molar-refractivity contribution is 5.36. The zero-order valence-corrected chi connectivity index (χ0v) is 9.72. The van der Waals surface area contributed by atoms with Gasteiger partial charge in [-0.05, 0) is 18.6 Å². The summed E-state index contributed by atoms with van der Waals surface area (Å²) in [5.41, 5.74) is 0.205. The van der Waals surface area contributed by atoms with Gasteiger partial charge in [-0.2, -0.15) is 0 Å². The predicted octanol–water partition coefficient (Wildman–Crippen LogP) is 2.40. The average Bonchev–Trinajstić information content (AvgIpc) is 2.29. The first-order valence-corrected chi connectivity index (χ1v) is 5.60. The average molecular weight is 237 g/mol. The van der Waals surface area contributed by atoms with E-state index in [1.807, 2.05) is 0 Å². The van der Waals surface area contributed by atoms with E-state index in [2.05, 4.69) is 6.92 Å². The monoisotopic (exact) mass is 237 g/mol. The van der Waals surface area contributed by atoms with E-state index in [4.69, 9.17) is 9.47 Å². The molecule has 0 radical (unpaired) electrons. The van der Waals surface area contributed by atoms with Gasteiger partial charge in [-0.1, -0.05) is 6.92 Å². The molecule has 5 heteroatoms. The molecule has 0 aliphatic carbocycles. The second kappa shape index (κ2) is 4.71. The Bertz CT molecular complexity index is 392. The van der Waals surface area contributed by atoms with Gasteiger partial charge in [0.25, 0.3) is 5.69 Å². The molecule has 0 spiro atoms. The fraction of sp³-hybridized carbons (Fsp3) is 0.500. The number of nitro groups is 1. The smallest absolute Gasteiger partial charge is 0.269 e. The van der Waals surface area contributed by atoms with Gasteiger partial charge in [-0.3, -0.25) is 10.1 Å². The van der Waals surface area contributed by atoms with Crippen molar-refractivity contribution in [2.45, 2.75) is 13.3 Å². The van der Waals surface area contributed by atoms with Crippen LogP contribution in [0.25, 0.3) is 0 Å². The first-order valence-electron chi connectivity index (χ1n) is 5.60. The number of ether oxygens (including phenoxy) is 2. The van der Waals surface area contributed by atoms with Gasteiger partial charge in [0.05, 0.1) is 30.2 Å². The molecule has 0 saturated carbocycles. The van der Waals surface area contributed by atoms with E-state index in [9.17, 15) is 10.1 Å². The highest BCUT2D eigenvalue weighted by Crippen LogP contribution is 2.32. The van der Waals surface area contributed by atoms with Crippen LogP contribution in [0.2, 0.25) is 0 Å². The van der Waals surface area contributed by atoms with Crippen LogP contribution < -0.4 is 4.74 Å². The van der Waals surface area contributed by atoms with Crippen LogP contribution in [-0.2, 0) is 4.74 Å². The summed E-state index contributed by atoms with van der Waals surface area (Å²) in [5, 5.41) is 10.5. The van der Waals surface area contributed by atoms with Gasteiger partial charge in [0, 0.05) is 12.1 Å². The molecule has 17 heavy (non-hydrogen) atoms. The van der Waals surface area contributed by atoms with Gasteiger partial charge in [0.2, 0.25) is 0 Å². The Morgan fingerprint density at radius 3 is 2.47 bits per heavy atom. The lowest BCUT2D eigenvalue weighted by Crippen LogP contribution is -2.46. The Balaban J connectivity index is 1.93. The Morgan fingerprint density at radius 1 is 1.41 bits per heavy atom.